The van der Waals surface area contributed by atoms with Crippen molar-refractivity contribution in [1.29, 1.82) is 0 Å². The van der Waals surface area contributed by atoms with Gasteiger partial charge in [0, 0.05) is 0 Å². The molecule has 0 spiro atoms. The van der Waals surface area contributed by atoms with Gasteiger partial charge < -0.3 is 5.32 Å². The highest BCUT2D eigenvalue weighted by molar-refractivity contribution is 7.55. The zero-order chi connectivity index (χ0) is 6.57. The van der Waals surface area contributed by atoms with E-state index >= 15 is 0 Å². The van der Waals surface area contributed by atoms with E-state index in [1.807, 2.05) is 7.05 Å². The fraction of sp³-hybridized carbons (Fsp3) is 0.833. The van der Waals surface area contributed by atoms with Gasteiger partial charge in [-0.2, -0.15) is 0 Å². The highest BCUT2D eigenvalue weighted by Gasteiger charge is 1.96. The molecule has 0 bridgehead atoms. The highest BCUT2D eigenvalue weighted by atomic mass is 31.1. The van der Waals surface area contributed by atoms with E-state index in [4.69, 9.17) is 0 Å². The van der Waals surface area contributed by atoms with Crippen LogP contribution in [0, 0.1) is 0 Å². The predicted octanol–water partition coefficient (Wildman–Crippen LogP) is 1.14. The summed E-state index contributed by atoms with van der Waals surface area (Å²) in [5.74, 6) is 2.34. The van der Waals surface area contributed by atoms with Gasteiger partial charge in [0.05, 0.1) is 26.9 Å². The summed E-state index contributed by atoms with van der Waals surface area (Å²) in [6.07, 6.45) is 0. The lowest BCUT2D eigenvalue weighted by molar-refractivity contribution is 0.781. The van der Waals surface area contributed by atoms with Gasteiger partial charge in [0.15, 0.2) is 0 Å². The molecule has 0 radical (unpaired) electrons. The monoisotopic (exact) mass is 132 g/mol. The molecule has 0 fully saturated rings. The Labute approximate surface area is 52.9 Å². The number of hydrogen-bond acceptors (Lipinski definition) is 1. The Kier molecular flexibility index (Phi) is 4.12. The summed E-state index contributed by atoms with van der Waals surface area (Å²) in [5.41, 5.74) is 0. The van der Waals surface area contributed by atoms with Gasteiger partial charge in [-0.05, 0) is 14.0 Å². The maximum Gasteiger partial charge on any atom is 0.101 e. The minimum atomic E-state index is 0.167. The smallest absolute Gasteiger partial charge is 0.101 e. The molecular formula is C6H15NP+. The van der Waals surface area contributed by atoms with Crippen LogP contribution in [0.3, 0.4) is 0 Å². The van der Waals surface area contributed by atoms with Crippen molar-refractivity contribution in [1.82, 2.24) is 5.32 Å². The first-order chi connectivity index (χ1) is 3.66. The Morgan fingerprint density at radius 1 is 1.50 bits per heavy atom. The number of hydrogen-bond donors (Lipinski definition) is 1. The van der Waals surface area contributed by atoms with Gasteiger partial charge in [-0.3, -0.25) is 0 Å². The summed E-state index contributed by atoms with van der Waals surface area (Å²) in [5, 5.41) is 3.16. The van der Waals surface area contributed by atoms with E-state index < -0.39 is 0 Å². The van der Waals surface area contributed by atoms with E-state index in [0.29, 0.717) is 6.04 Å². The summed E-state index contributed by atoms with van der Waals surface area (Å²) < 4.78 is 0. The Morgan fingerprint density at radius 2 is 2.00 bits per heavy atom. The first kappa shape index (κ1) is 8.13. The Hall–Kier alpha value is 0.130. The van der Waals surface area contributed by atoms with Crippen LogP contribution in [-0.2, 0) is 0 Å². The van der Waals surface area contributed by atoms with Crippen LogP contribution in [0.15, 0.2) is 0 Å². The van der Waals surface area contributed by atoms with E-state index in [0.717, 1.165) is 0 Å². The third-order valence-corrected chi connectivity index (χ3v) is 2.02. The Balaban J connectivity index is 3.51. The number of nitrogens with one attached hydrogen (secondary N) is 1. The molecule has 0 saturated carbocycles. The summed E-state index contributed by atoms with van der Waals surface area (Å²) in [6, 6.07) is 0.580. The first-order valence-corrected chi connectivity index (χ1v) is 5.16. The minimum absolute atomic E-state index is 0.167. The molecule has 2 heteroatoms. The van der Waals surface area contributed by atoms with E-state index in [-0.39, 0.29) is 7.55 Å². The summed E-state index contributed by atoms with van der Waals surface area (Å²) in [4.78, 5) is 0. The van der Waals surface area contributed by atoms with Crippen molar-refractivity contribution >= 4 is 13.3 Å². The van der Waals surface area contributed by atoms with Crippen molar-refractivity contribution in [2.24, 2.45) is 0 Å². The quantitative estimate of drug-likeness (QED) is 0.555. The van der Waals surface area contributed by atoms with Crippen molar-refractivity contribution in [3.8, 4) is 0 Å². The minimum Gasteiger partial charge on any atom is -0.311 e. The molecule has 8 heavy (non-hydrogen) atoms. The van der Waals surface area contributed by atoms with E-state index in [1.165, 1.54) is 0 Å². The zero-order valence-electron chi connectivity index (χ0n) is 6.10. The van der Waals surface area contributed by atoms with Crippen LogP contribution in [0.1, 0.15) is 6.92 Å². The third kappa shape index (κ3) is 4.29. The first-order valence-electron chi connectivity index (χ1n) is 2.85. The van der Waals surface area contributed by atoms with Crippen LogP contribution in [0.25, 0.3) is 0 Å². The van der Waals surface area contributed by atoms with Crippen molar-refractivity contribution in [3.05, 3.63) is 0 Å². The number of rotatable bonds is 2. The molecule has 0 heterocycles. The topological polar surface area (TPSA) is 12.0 Å². The van der Waals surface area contributed by atoms with Crippen LogP contribution in [0.2, 0.25) is 0 Å². The summed E-state index contributed by atoms with van der Waals surface area (Å²) in [7, 11) is 2.15. The molecule has 0 aliphatic rings. The lowest BCUT2D eigenvalue weighted by atomic mass is 10.4. The van der Waals surface area contributed by atoms with Gasteiger partial charge >= 0.3 is 0 Å². The van der Waals surface area contributed by atoms with Crippen LogP contribution >= 0.6 is 7.55 Å². The molecule has 0 aromatic carbocycles. The van der Waals surface area contributed by atoms with E-state index in [2.05, 4.69) is 31.4 Å². The van der Waals surface area contributed by atoms with Crippen molar-refractivity contribution < 1.29 is 0 Å². The van der Waals surface area contributed by atoms with Crippen molar-refractivity contribution in [2.75, 3.05) is 20.4 Å². The van der Waals surface area contributed by atoms with Crippen molar-refractivity contribution in [2.45, 2.75) is 13.0 Å². The Bertz CT molecular complexity index is 84.5. The maximum absolute atomic E-state index is 3.16. The molecule has 0 amide bonds. The molecule has 0 aromatic rings. The molecule has 48 valence electrons. The van der Waals surface area contributed by atoms with E-state index in [1.54, 1.807) is 0 Å². The standard InChI is InChI=1S/C6H15NP/c1-6(7-2)5-8(3)4/h5-7H,1-4H3/q+1. The molecule has 0 rings (SSSR count). The molecule has 0 saturated heterocycles. The second-order valence-electron chi connectivity index (χ2n) is 2.19. The van der Waals surface area contributed by atoms with Crippen molar-refractivity contribution in [3.63, 3.8) is 0 Å². The summed E-state index contributed by atoms with van der Waals surface area (Å²) in [6.45, 7) is 6.68. The lowest BCUT2D eigenvalue weighted by Gasteiger charge is -1.96. The highest BCUT2D eigenvalue weighted by Crippen LogP contribution is 2.06. The average Bonchev–Trinajstić information content (AvgIpc) is 1.65. The normalized spacial score (nSPS) is 13.0. The van der Waals surface area contributed by atoms with Gasteiger partial charge in [-0.25, -0.2) is 0 Å². The van der Waals surface area contributed by atoms with Gasteiger partial charge in [-0.1, -0.05) is 0 Å². The molecule has 0 aliphatic heterocycles. The predicted molar refractivity (Wildman–Crippen MR) is 43.4 cm³/mol. The molecular weight excluding hydrogens is 117 g/mol. The largest absolute Gasteiger partial charge is 0.311 e. The average molecular weight is 132 g/mol. The molecule has 0 aromatic heterocycles. The zero-order valence-corrected chi connectivity index (χ0v) is 7.00. The molecule has 1 atom stereocenters. The maximum atomic E-state index is 3.16. The Morgan fingerprint density at radius 3 is 2.12 bits per heavy atom. The third-order valence-electron chi connectivity index (χ3n) is 0.977. The second-order valence-corrected chi connectivity index (χ2v) is 4.42. The van der Waals surface area contributed by atoms with Gasteiger partial charge in [-0.15, -0.1) is 0 Å². The van der Waals surface area contributed by atoms with Gasteiger partial charge in [0.25, 0.3) is 0 Å². The van der Waals surface area contributed by atoms with Crippen LogP contribution in [-0.4, -0.2) is 32.2 Å². The van der Waals surface area contributed by atoms with Crippen LogP contribution < -0.4 is 5.32 Å². The lowest BCUT2D eigenvalue weighted by Crippen LogP contribution is -2.21. The van der Waals surface area contributed by atoms with Crippen LogP contribution in [0.5, 0.6) is 0 Å². The van der Waals surface area contributed by atoms with Gasteiger partial charge in [0.2, 0.25) is 0 Å². The van der Waals surface area contributed by atoms with E-state index in [9.17, 15) is 0 Å². The van der Waals surface area contributed by atoms with Crippen LogP contribution in [0.4, 0.5) is 0 Å². The molecule has 1 nitrogen and oxygen atoms in total. The fourth-order valence-corrected chi connectivity index (χ4v) is 1.57. The second kappa shape index (κ2) is 4.05. The molecule has 0 aliphatic carbocycles. The molecule has 1 unspecified atom stereocenters. The summed E-state index contributed by atoms with van der Waals surface area (Å²) >= 11 is 0. The molecule has 1 N–H and O–H groups in total. The van der Waals surface area contributed by atoms with Gasteiger partial charge in [0.1, 0.15) is 5.80 Å². The fourth-order valence-electron chi connectivity index (χ4n) is 0.522. The SMILES string of the molecule is CNC(C)C=[P+](C)C.